The van der Waals surface area contributed by atoms with Crippen LogP contribution in [0.1, 0.15) is 6.42 Å². The third-order valence-electron chi connectivity index (χ3n) is 2.97. The highest BCUT2D eigenvalue weighted by Gasteiger charge is 2.32. The van der Waals surface area contributed by atoms with Crippen LogP contribution in [0.25, 0.3) is 0 Å². The molecule has 0 aromatic heterocycles. The average Bonchev–Trinajstić information content (AvgIpc) is 2.56. The van der Waals surface area contributed by atoms with Gasteiger partial charge in [0.25, 0.3) is 0 Å². The third-order valence-corrected chi connectivity index (χ3v) is 2.97. The predicted molar refractivity (Wildman–Crippen MR) is 89.8 cm³/mol. The molecule has 3 N–H and O–H groups in total. The summed E-state index contributed by atoms with van der Waals surface area (Å²) in [5.41, 5.74) is 5.78. The Morgan fingerprint density at radius 2 is 1.72 bits per heavy atom. The Hall–Kier alpha value is -2.90. The number of rotatable bonds is 7. The molecule has 0 spiro atoms. The van der Waals surface area contributed by atoms with Crippen LogP contribution in [0.15, 0.2) is 59.6 Å². The lowest BCUT2D eigenvalue weighted by Gasteiger charge is -2.14. The van der Waals surface area contributed by atoms with Crippen molar-refractivity contribution < 1.29 is 22.6 Å². The maximum absolute atomic E-state index is 12.4. The molecule has 0 saturated heterocycles. The first kappa shape index (κ1) is 18.4. The summed E-state index contributed by atoms with van der Waals surface area (Å²) in [6, 6.07) is 14.9. The number of alkyl halides is 3. The van der Waals surface area contributed by atoms with Crippen molar-refractivity contribution in [2.75, 3.05) is 18.5 Å². The van der Waals surface area contributed by atoms with Gasteiger partial charge in [-0.15, -0.1) is 13.2 Å². The van der Waals surface area contributed by atoms with Gasteiger partial charge in [0.15, 0.2) is 11.7 Å². The van der Waals surface area contributed by atoms with Crippen LogP contribution in [0, 0.1) is 0 Å². The van der Waals surface area contributed by atoms with E-state index in [4.69, 9.17) is 10.5 Å². The second kappa shape index (κ2) is 8.81. The fourth-order valence-electron chi connectivity index (χ4n) is 1.93. The molecule has 2 rings (SSSR count). The molecule has 0 aliphatic rings. The van der Waals surface area contributed by atoms with Crippen LogP contribution in [0.5, 0.6) is 11.5 Å². The standard InChI is InChI=1S/C17H18F3N3O2/c18-17(19,20)25-15-10-5-4-9-14(15)23-16(21)22-11-6-12-24-13-7-2-1-3-8-13/h1-5,7-10H,6,11-12H2,(H3,21,22,23). The smallest absolute Gasteiger partial charge is 0.494 e. The van der Waals surface area contributed by atoms with E-state index in [1.165, 1.54) is 18.2 Å². The maximum atomic E-state index is 12.4. The largest absolute Gasteiger partial charge is 0.573 e. The molecule has 2 aromatic rings. The Kier molecular flexibility index (Phi) is 6.50. The molecule has 0 radical (unpaired) electrons. The summed E-state index contributed by atoms with van der Waals surface area (Å²) >= 11 is 0. The lowest BCUT2D eigenvalue weighted by Crippen LogP contribution is -2.24. The summed E-state index contributed by atoms with van der Waals surface area (Å²) in [4.78, 5) is 4.05. The van der Waals surface area contributed by atoms with Gasteiger partial charge in [-0.3, -0.25) is 4.99 Å². The number of aliphatic imine (C=N–C) groups is 1. The molecule has 0 atom stereocenters. The number of nitrogens with one attached hydrogen (secondary N) is 1. The first-order chi connectivity index (χ1) is 11.9. The minimum absolute atomic E-state index is 0.00191. The molecule has 8 heteroatoms. The van der Waals surface area contributed by atoms with Crippen molar-refractivity contribution in [1.82, 2.24) is 0 Å². The first-order valence-corrected chi connectivity index (χ1v) is 7.53. The average molecular weight is 353 g/mol. The minimum atomic E-state index is -4.78. The first-order valence-electron chi connectivity index (χ1n) is 7.53. The van der Waals surface area contributed by atoms with E-state index in [1.807, 2.05) is 30.3 Å². The van der Waals surface area contributed by atoms with Gasteiger partial charge in [0.2, 0.25) is 0 Å². The van der Waals surface area contributed by atoms with Crippen LogP contribution >= 0.6 is 0 Å². The normalized spacial score (nSPS) is 11.9. The van der Waals surface area contributed by atoms with E-state index in [0.717, 1.165) is 5.75 Å². The molecule has 134 valence electrons. The molecule has 0 fully saturated rings. The van der Waals surface area contributed by atoms with E-state index >= 15 is 0 Å². The lowest BCUT2D eigenvalue weighted by molar-refractivity contribution is -0.274. The van der Waals surface area contributed by atoms with Crippen LogP contribution in [-0.4, -0.2) is 25.5 Å². The number of anilines is 1. The lowest BCUT2D eigenvalue weighted by atomic mass is 10.3. The second-order valence-corrected chi connectivity index (χ2v) is 4.95. The van der Waals surface area contributed by atoms with Gasteiger partial charge in [-0.05, 0) is 24.3 Å². The van der Waals surface area contributed by atoms with Crippen LogP contribution < -0.4 is 20.5 Å². The number of guanidine groups is 1. The molecule has 2 aromatic carbocycles. The van der Waals surface area contributed by atoms with E-state index in [0.29, 0.717) is 19.6 Å². The number of para-hydroxylation sites is 3. The van der Waals surface area contributed by atoms with Crippen LogP contribution in [0.2, 0.25) is 0 Å². The Morgan fingerprint density at radius 1 is 1.04 bits per heavy atom. The van der Waals surface area contributed by atoms with Crippen molar-refractivity contribution >= 4 is 11.6 Å². The zero-order chi connectivity index (χ0) is 18.1. The highest BCUT2D eigenvalue weighted by Crippen LogP contribution is 2.29. The van der Waals surface area contributed by atoms with Crippen LogP contribution in [-0.2, 0) is 0 Å². The molecule has 0 aliphatic heterocycles. The van der Waals surface area contributed by atoms with Gasteiger partial charge in [0.05, 0.1) is 12.3 Å². The molecule has 0 heterocycles. The van der Waals surface area contributed by atoms with Crippen molar-refractivity contribution in [2.24, 2.45) is 10.7 Å². The monoisotopic (exact) mass is 353 g/mol. The Balaban J connectivity index is 1.81. The number of nitrogens with two attached hydrogens (primary N) is 1. The zero-order valence-corrected chi connectivity index (χ0v) is 13.3. The van der Waals surface area contributed by atoms with Crippen molar-refractivity contribution in [3.05, 3.63) is 54.6 Å². The second-order valence-electron chi connectivity index (χ2n) is 4.95. The van der Waals surface area contributed by atoms with Crippen molar-refractivity contribution in [2.45, 2.75) is 12.8 Å². The number of benzene rings is 2. The predicted octanol–water partition coefficient (Wildman–Crippen LogP) is 3.78. The Bertz CT molecular complexity index is 691. The molecular formula is C17H18F3N3O2. The fraction of sp³-hybridized carbons (Fsp3) is 0.235. The van der Waals surface area contributed by atoms with Crippen molar-refractivity contribution in [3.8, 4) is 11.5 Å². The Morgan fingerprint density at radius 3 is 2.44 bits per heavy atom. The highest BCUT2D eigenvalue weighted by atomic mass is 19.4. The fourth-order valence-corrected chi connectivity index (χ4v) is 1.93. The summed E-state index contributed by atoms with van der Waals surface area (Å²) in [7, 11) is 0. The minimum Gasteiger partial charge on any atom is -0.494 e. The highest BCUT2D eigenvalue weighted by molar-refractivity contribution is 5.93. The van der Waals surface area contributed by atoms with E-state index in [9.17, 15) is 13.2 Å². The molecule has 0 saturated carbocycles. The number of hydrogen-bond donors (Lipinski definition) is 2. The maximum Gasteiger partial charge on any atom is 0.573 e. The zero-order valence-electron chi connectivity index (χ0n) is 13.3. The molecule has 0 amide bonds. The summed E-state index contributed by atoms with van der Waals surface area (Å²) in [6.45, 7) is 0.822. The molecule has 0 bridgehead atoms. The molecule has 0 aliphatic carbocycles. The quantitative estimate of drug-likeness (QED) is 0.452. The third kappa shape index (κ3) is 7.03. The van der Waals surface area contributed by atoms with Gasteiger partial charge in [-0.25, -0.2) is 0 Å². The topological polar surface area (TPSA) is 68.9 Å². The van der Waals surface area contributed by atoms with Crippen molar-refractivity contribution in [3.63, 3.8) is 0 Å². The van der Waals surface area contributed by atoms with Crippen molar-refractivity contribution in [1.29, 1.82) is 0 Å². The number of nitrogens with zero attached hydrogens (tertiary/aromatic N) is 1. The van der Waals surface area contributed by atoms with Gasteiger partial charge in [-0.2, -0.15) is 0 Å². The van der Waals surface area contributed by atoms with Crippen LogP contribution in [0.3, 0.4) is 0 Å². The van der Waals surface area contributed by atoms with Gasteiger partial charge in [0, 0.05) is 13.0 Å². The molecular weight excluding hydrogens is 335 g/mol. The number of ether oxygens (including phenoxy) is 2. The van der Waals surface area contributed by atoms with Gasteiger partial charge in [-0.1, -0.05) is 30.3 Å². The van der Waals surface area contributed by atoms with Gasteiger partial charge >= 0.3 is 6.36 Å². The van der Waals surface area contributed by atoms with E-state index in [-0.39, 0.29) is 17.4 Å². The van der Waals surface area contributed by atoms with Crippen LogP contribution in [0.4, 0.5) is 18.9 Å². The van der Waals surface area contributed by atoms with E-state index < -0.39 is 6.36 Å². The number of halogens is 3. The SMILES string of the molecule is NC(=NCCCOc1ccccc1)Nc1ccccc1OC(F)(F)F. The number of hydrogen-bond acceptors (Lipinski definition) is 3. The Labute approximate surface area is 143 Å². The molecule has 0 unspecified atom stereocenters. The molecule has 25 heavy (non-hydrogen) atoms. The summed E-state index contributed by atoms with van der Waals surface area (Å²) < 4.78 is 46.5. The summed E-state index contributed by atoms with van der Waals surface area (Å²) in [6.07, 6.45) is -4.17. The van der Waals surface area contributed by atoms with Gasteiger partial charge < -0.3 is 20.5 Å². The summed E-state index contributed by atoms with van der Waals surface area (Å²) in [5, 5.41) is 2.60. The van der Waals surface area contributed by atoms with E-state index in [2.05, 4.69) is 15.0 Å². The van der Waals surface area contributed by atoms with E-state index in [1.54, 1.807) is 6.07 Å². The summed E-state index contributed by atoms with van der Waals surface area (Å²) in [5.74, 6) is 0.384. The molecule has 5 nitrogen and oxygen atoms in total. The van der Waals surface area contributed by atoms with Gasteiger partial charge in [0.1, 0.15) is 5.75 Å².